The third-order valence-electron chi connectivity index (χ3n) is 2.98. The molecule has 24 heavy (non-hydrogen) atoms. The number of amides is 1. The summed E-state index contributed by atoms with van der Waals surface area (Å²) in [5.41, 5.74) is 0.632. The maximum atomic E-state index is 12.3. The van der Waals surface area contributed by atoms with Gasteiger partial charge in [-0.1, -0.05) is 0 Å². The fourth-order valence-electron chi connectivity index (χ4n) is 1.80. The number of esters is 1. The molecule has 9 heteroatoms. The van der Waals surface area contributed by atoms with E-state index in [4.69, 9.17) is 4.74 Å². The van der Waals surface area contributed by atoms with E-state index in [0.29, 0.717) is 16.1 Å². The molecule has 0 unspecified atom stereocenters. The van der Waals surface area contributed by atoms with Gasteiger partial charge in [-0.3, -0.25) is 9.52 Å². The zero-order valence-electron chi connectivity index (χ0n) is 13.0. The topological polar surface area (TPSA) is 102 Å². The maximum absolute atomic E-state index is 12.3. The first kappa shape index (κ1) is 18.0. The summed E-state index contributed by atoms with van der Waals surface area (Å²) >= 11 is 1.04. The Morgan fingerprint density at radius 2 is 1.88 bits per heavy atom. The number of anilines is 1. The Hall–Kier alpha value is -2.39. The van der Waals surface area contributed by atoms with Gasteiger partial charge in [0.25, 0.3) is 15.9 Å². The molecule has 2 N–H and O–H groups in total. The van der Waals surface area contributed by atoms with Gasteiger partial charge in [0.15, 0.2) is 0 Å². The molecule has 0 fully saturated rings. The maximum Gasteiger partial charge on any atom is 0.338 e. The fourth-order valence-corrected chi connectivity index (χ4v) is 4.08. The van der Waals surface area contributed by atoms with Crippen molar-refractivity contribution < 1.29 is 22.7 Å². The molecule has 0 aliphatic carbocycles. The lowest BCUT2D eigenvalue weighted by Gasteiger charge is -2.07. The first-order chi connectivity index (χ1) is 11.4. The summed E-state index contributed by atoms with van der Waals surface area (Å²) in [5, 5.41) is 3.82. The smallest absolute Gasteiger partial charge is 0.338 e. The van der Waals surface area contributed by atoms with E-state index >= 15 is 0 Å². The van der Waals surface area contributed by atoms with Crippen LogP contribution in [0.4, 0.5) is 5.69 Å². The van der Waals surface area contributed by atoms with Gasteiger partial charge in [0.05, 0.1) is 21.9 Å². The Kier molecular flexibility index (Phi) is 5.58. The molecule has 1 amide bonds. The average Bonchev–Trinajstić information content (AvgIpc) is 3.05. The van der Waals surface area contributed by atoms with Gasteiger partial charge in [-0.15, -0.1) is 11.3 Å². The van der Waals surface area contributed by atoms with Crippen molar-refractivity contribution in [2.24, 2.45) is 0 Å². The lowest BCUT2D eigenvalue weighted by molar-refractivity contribution is 0.0526. The highest BCUT2D eigenvalue weighted by Crippen LogP contribution is 2.22. The first-order valence-corrected chi connectivity index (χ1v) is 9.34. The highest BCUT2D eigenvalue weighted by atomic mass is 32.2. The third-order valence-corrected chi connectivity index (χ3v) is 5.42. The second-order valence-corrected chi connectivity index (χ2v) is 7.22. The van der Waals surface area contributed by atoms with Crippen molar-refractivity contribution in [1.82, 2.24) is 5.32 Å². The zero-order chi connectivity index (χ0) is 17.7. The van der Waals surface area contributed by atoms with Crippen molar-refractivity contribution in [1.29, 1.82) is 0 Å². The van der Waals surface area contributed by atoms with Gasteiger partial charge in [0, 0.05) is 18.1 Å². The molecule has 0 aliphatic heterocycles. The van der Waals surface area contributed by atoms with Crippen LogP contribution < -0.4 is 10.0 Å². The molecule has 1 aromatic heterocycles. The van der Waals surface area contributed by atoms with Gasteiger partial charge < -0.3 is 10.1 Å². The lowest BCUT2D eigenvalue weighted by Crippen LogP contribution is -2.16. The summed E-state index contributed by atoms with van der Waals surface area (Å²) in [4.78, 5) is 23.4. The van der Waals surface area contributed by atoms with E-state index in [2.05, 4.69) is 10.0 Å². The molecule has 0 bridgehead atoms. The van der Waals surface area contributed by atoms with Crippen LogP contribution in [0.1, 0.15) is 27.0 Å². The molecule has 0 radical (unpaired) electrons. The van der Waals surface area contributed by atoms with Crippen LogP contribution in [0.5, 0.6) is 0 Å². The summed E-state index contributed by atoms with van der Waals surface area (Å²) in [5.74, 6) is -0.819. The number of thiophene rings is 1. The van der Waals surface area contributed by atoms with E-state index in [1.807, 2.05) is 0 Å². The first-order valence-electron chi connectivity index (χ1n) is 6.98. The highest BCUT2D eigenvalue weighted by Gasteiger charge is 2.18. The molecule has 2 aromatic rings. The summed E-state index contributed by atoms with van der Waals surface area (Å²) in [6, 6.07) is 7.18. The Morgan fingerprint density at radius 1 is 1.21 bits per heavy atom. The van der Waals surface area contributed by atoms with Gasteiger partial charge in [-0.05, 0) is 37.3 Å². The Labute approximate surface area is 143 Å². The minimum absolute atomic E-state index is 0.000527. The molecule has 7 nitrogen and oxygen atoms in total. The SMILES string of the molecule is CCOC(=O)c1ccc(NS(=O)(=O)c2csc(C(=O)NC)c2)cc1. The van der Waals surface area contributed by atoms with Crippen molar-refractivity contribution in [3.8, 4) is 0 Å². The van der Waals surface area contributed by atoms with Gasteiger partial charge in [0.2, 0.25) is 0 Å². The van der Waals surface area contributed by atoms with Crippen LogP contribution in [0.2, 0.25) is 0 Å². The van der Waals surface area contributed by atoms with Crippen molar-refractivity contribution >= 4 is 38.9 Å². The van der Waals surface area contributed by atoms with Gasteiger partial charge in [-0.25, -0.2) is 13.2 Å². The average molecular weight is 368 g/mol. The van der Waals surface area contributed by atoms with E-state index in [1.54, 1.807) is 6.92 Å². The van der Waals surface area contributed by atoms with Crippen molar-refractivity contribution in [2.45, 2.75) is 11.8 Å². The number of benzene rings is 1. The van der Waals surface area contributed by atoms with Crippen LogP contribution in [0.15, 0.2) is 40.6 Å². The van der Waals surface area contributed by atoms with Crippen molar-refractivity contribution in [2.75, 3.05) is 18.4 Å². The molecule has 0 saturated heterocycles. The van der Waals surface area contributed by atoms with Gasteiger partial charge in [-0.2, -0.15) is 0 Å². The highest BCUT2D eigenvalue weighted by molar-refractivity contribution is 7.92. The second kappa shape index (κ2) is 7.45. The number of hydrogen-bond donors (Lipinski definition) is 2. The van der Waals surface area contributed by atoms with Gasteiger partial charge in [0.1, 0.15) is 0 Å². The molecule has 0 aliphatic rings. The predicted octanol–water partition coefficient (Wildman–Crippen LogP) is 2.09. The number of hydrogen-bond acceptors (Lipinski definition) is 6. The van der Waals surface area contributed by atoms with E-state index in [1.165, 1.54) is 42.8 Å². The molecule has 0 saturated carbocycles. The molecule has 0 atom stereocenters. The molecule has 1 heterocycles. The van der Waals surface area contributed by atoms with E-state index in [-0.39, 0.29) is 17.4 Å². The van der Waals surface area contributed by atoms with E-state index < -0.39 is 16.0 Å². The van der Waals surface area contributed by atoms with Crippen LogP contribution in [0, 0.1) is 0 Å². The molecule has 2 rings (SSSR count). The van der Waals surface area contributed by atoms with E-state index in [9.17, 15) is 18.0 Å². The lowest BCUT2D eigenvalue weighted by atomic mass is 10.2. The standard InChI is InChI=1S/C15H16N2O5S2/c1-3-22-15(19)10-4-6-11(7-5-10)17-24(20,21)12-8-13(23-9-12)14(18)16-2/h4-9,17H,3H2,1-2H3,(H,16,18). The Balaban J connectivity index is 2.15. The molecular formula is C15H16N2O5S2. The second-order valence-electron chi connectivity index (χ2n) is 4.63. The van der Waals surface area contributed by atoms with Crippen LogP contribution >= 0.6 is 11.3 Å². The van der Waals surface area contributed by atoms with Crippen LogP contribution in [-0.4, -0.2) is 33.9 Å². The fraction of sp³-hybridized carbons (Fsp3) is 0.200. The molecular weight excluding hydrogens is 352 g/mol. The van der Waals surface area contributed by atoms with Gasteiger partial charge >= 0.3 is 5.97 Å². The summed E-state index contributed by atoms with van der Waals surface area (Å²) in [6.45, 7) is 1.97. The quantitative estimate of drug-likeness (QED) is 0.760. The Morgan fingerprint density at radius 3 is 2.46 bits per heavy atom. The molecule has 128 valence electrons. The number of rotatable bonds is 6. The largest absolute Gasteiger partial charge is 0.462 e. The van der Waals surface area contributed by atoms with Crippen LogP contribution in [0.25, 0.3) is 0 Å². The number of nitrogens with one attached hydrogen (secondary N) is 2. The minimum Gasteiger partial charge on any atom is -0.462 e. The minimum atomic E-state index is -3.81. The predicted molar refractivity (Wildman–Crippen MR) is 90.9 cm³/mol. The van der Waals surface area contributed by atoms with Crippen molar-refractivity contribution in [3.05, 3.63) is 46.2 Å². The monoisotopic (exact) mass is 368 g/mol. The summed E-state index contributed by atoms with van der Waals surface area (Å²) < 4.78 is 31.9. The van der Waals surface area contributed by atoms with Crippen LogP contribution in [0.3, 0.4) is 0 Å². The van der Waals surface area contributed by atoms with Crippen LogP contribution in [-0.2, 0) is 14.8 Å². The summed E-state index contributed by atoms with van der Waals surface area (Å²) in [6.07, 6.45) is 0. The normalized spacial score (nSPS) is 10.9. The molecule has 0 spiro atoms. The Bertz CT molecular complexity index is 841. The number of carbonyl (C=O) groups is 2. The molecule has 1 aromatic carbocycles. The number of carbonyl (C=O) groups excluding carboxylic acids is 2. The third kappa shape index (κ3) is 4.12. The number of ether oxygens (including phenoxy) is 1. The van der Waals surface area contributed by atoms with E-state index in [0.717, 1.165) is 11.3 Å². The number of sulfonamides is 1. The zero-order valence-corrected chi connectivity index (χ0v) is 14.7. The summed E-state index contributed by atoms with van der Waals surface area (Å²) in [7, 11) is -2.34. The van der Waals surface area contributed by atoms with Crippen molar-refractivity contribution in [3.63, 3.8) is 0 Å².